The number of aromatic nitrogens is 1. The van der Waals surface area contributed by atoms with Gasteiger partial charge in [0.25, 0.3) is 0 Å². The van der Waals surface area contributed by atoms with Crippen molar-refractivity contribution >= 4 is 28.3 Å². The molecule has 0 fully saturated rings. The summed E-state index contributed by atoms with van der Waals surface area (Å²) in [5.41, 5.74) is 0.915. The van der Waals surface area contributed by atoms with E-state index in [1.807, 2.05) is 18.2 Å². The maximum atomic E-state index is 11.9. The highest BCUT2D eigenvalue weighted by Gasteiger charge is 2.18. The lowest BCUT2D eigenvalue weighted by Crippen LogP contribution is -2.17. The lowest BCUT2D eigenvalue weighted by molar-refractivity contribution is -0.135. The van der Waals surface area contributed by atoms with Gasteiger partial charge in [0, 0.05) is 11.8 Å². The normalized spacial score (nSPS) is 10.4. The third kappa shape index (κ3) is 2.91. The van der Waals surface area contributed by atoms with Crippen molar-refractivity contribution in [2.45, 2.75) is 19.8 Å². The Labute approximate surface area is 110 Å². The molecule has 1 aromatic heterocycles. The molecule has 2 aromatic rings. The second kappa shape index (κ2) is 5.52. The number of nitrogens with zero attached hydrogens (tertiary/aromatic N) is 1. The van der Waals surface area contributed by atoms with Crippen molar-refractivity contribution in [3.05, 3.63) is 42.1 Å². The van der Waals surface area contributed by atoms with E-state index in [4.69, 9.17) is 0 Å². The van der Waals surface area contributed by atoms with Gasteiger partial charge in [0.1, 0.15) is 5.69 Å². The van der Waals surface area contributed by atoms with Gasteiger partial charge in [-0.1, -0.05) is 31.2 Å². The Kier molecular flexibility index (Phi) is 3.80. The van der Waals surface area contributed by atoms with Gasteiger partial charge in [-0.3, -0.25) is 14.4 Å². The average molecular weight is 255 g/mol. The predicted octanol–water partition coefficient (Wildman–Crippen LogP) is 2.36. The van der Waals surface area contributed by atoms with E-state index in [2.05, 4.69) is 4.98 Å². The number of pyridine rings is 1. The Morgan fingerprint density at radius 2 is 1.74 bits per heavy atom. The van der Waals surface area contributed by atoms with Crippen molar-refractivity contribution in [1.29, 1.82) is 0 Å². The second-order valence-electron chi connectivity index (χ2n) is 4.19. The molecule has 0 unspecified atom stereocenters. The first kappa shape index (κ1) is 13.1. The molecule has 0 aliphatic heterocycles. The molecule has 19 heavy (non-hydrogen) atoms. The molecule has 4 nitrogen and oxygen atoms in total. The van der Waals surface area contributed by atoms with Gasteiger partial charge in [-0.05, 0) is 12.1 Å². The zero-order valence-corrected chi connectivity index (χ0v) is 10.6. The molecule has 0 saturated heterocycles. The molecule has 0 N–H and O–H groups in total. The van der Waals surface area contributed by atoms with E-state index in [1.165, 1.54) is 0 Å². The third-order valence-electron chi connectivity index (χ3n) is 2.84. The maximum Gasteiger partial charge on any atom is 0.206 e. The average Bonchev–Trinajstić information content (AvgIpc) is 2.45. The van der Waals surface area contributed by atoms with Crippen molar-refractivity contribution in [2.24, 2.45) is 0 Å². The molecule has 0 aliphatic carbocycles. The van der Waals surface area contributed by atoms with Crippen molar-refractivity contribution in [3.63, 3.8) is 0 Å². The van der Waals surface area contributed by atoms with Crippen LogP contribution in [0.15, 0.2) is 36.4 Å². The molecule has 0 saturated carbocycles. The number of hydrogen-bond donors (Lipinski definition) is 0. The van der Waals surface area contributed by atoms with E-state index >= 15 is 0 Å². The van der Waals surface area contributed by atoms with E-state index in [0.717, 1.165) is 5.39 Å². The van der Waals surface area contributed by atoms with Crippen LogP contribution in [0.3, 0.4) is 0 Å². The standard InChI is InChI=1S/C15H13NO3/c1-2-13(17)15(19)9-14(18)12-8-7-10-5-3-4-6-11(10)16-12/h3-8H,2,9H2,1H3. The topological polar surface area (TPSA) is 64.1 Å². The lowest BCUT2D eigenvalue weighted by Gasteiger charge is -2.01. The molecule has 0 amide bonds. The predicted molar refractivity (Wildman–Crippen MR) is 71.0 cm³/mol. The number of carbonyl (C=O) groups excluding carboxylic acids is 3. The van der Waals surface area contributed by atoms with Crippen LogP contribution in [0.4, 0.5) is 0 Å². The highest BCUT2D eigenvalue weighted by Crippen LogP contribution is 2.13. The van der Waals surface area contributed by atoms with Gasteiger partial charge in [-0.25, -0.2) is 4.98 Å². The minimum atomic E-state index is -0.651. The van der Waals surface area contributed by atoms with Crippen molar-refractivity contribution in [2.75, 3.05) is 0 Å². The summed E-state index contributed by atoms with van der Waals surface area (Å²) in [5, 5.41) is 0.926. The number of Topliss-reactive ketones (excluding diaryl/α,β-unsaturated/α-hetero) is 3. The third-order valence-corrected chi connectivity index (χ3v) is 2.84. The summed E-state index contributed by atoms with van der Waals surface area (Å²) in [5.74, 6) is -1.59. The number of benzene rings is 1. The highest BCUT2D eigenvalue weighted by molar-refractivity contribution is 6.40. The molecule has 1 aromatic carbocycles. The smallest absolute Gasteiger partial charge is 0.206 e. The molecule has 2 rings (SSSR count). The summed E-state index contributed by atoms with van der Waals surface area (Å²) in [6, 6.07) is 10.8. The minimum Gasteiger partial charge on any atom is -0.292 e. The summed E-state index contributed by atoms with van der Waals surface area (Å²) in [6.07, 6.45) is -0.282. The quantitative estimate of drug-likeness (QED) is 0.467. The summed E-state index contributed by atoms with van der Waals surface area (Å²) in [4.78, 5) is 38.7. The van der Waals surface area contributed by atoms with Gasteiger partial charge in [0.2, 0.25) is 5.78 Å². The molecule has 96 valence electrons. The number of ketones is 3. The molecule has 0 spiro atoms. The first-order valence-electron chi connectivity index (χ1n) is 6.07. The van der Waals surface area contributed by atoms with Crippen LogP contribution in [0.5, 0.6) is 0 Å². The number of carbonyl (C=O) groups is 3. The minimum absolute atomic E-state index is 0.122. The molecule has 0 atom stereocenters. The van der Waals surface area contributed by atoms with E-state index in [0.29, 0.717) is 5.52 Å². The Morgan fingerprint density at radius 1 is 1.00 bits per heavy atom. The molecule has 0 bridgehead atoms. The zero-order valence-electron chi connectivity index (χ0n) is 10.6. The van der Waals surface area contributed by atoms with Gasteiger partial charge >= 0.3 is 0 Å². The largest absolute Gasteiger partial charge is 0.292 e. The van der Waals surface area contributed by atoms with Crippen molar-refractivity contribution < 1.29 is 14.4 Å². The van der Waals surface area contributed by atoms with E-state index in [9.17, 15) is 14.4 Å². The van der Waals surface area contributed by atoms with Crippen LogP contribution in [0.25, 0.3) is 10.9 Å². The summed E-state index contributed by atoms with van der Waals surface area (Å²) in [6.45, 7) is 1.60. The Morgan fingerprint density at radius 3 is 2.47 bits per heavy atom. The Bertz CT molecular complexity index is 661. The fraction of sp³-hybridized carbons (Fsp3) is 0.200. The molecular weight excluding hydrogens is 242 g/mol. The fourth-order valence-corrected chi connectivity index (χ4v) is 1.75. The van der Waals surface area contributed by atoms with Gasteiger partial charge < -0.3 is 0 Å². The van der Waals surface area contributed by atoms with Crippen molar-refractivity contribution in [3.8, 4) is 0 Å². The van der Waals surface area contributed by atoms with E-state index in [-0.39, 0.29) is 12.1 Å². The van der Waals surface area contributed by atoms with Crippen LogP contribution in [-0.2, 0) is 9.59 Å². The number of fused-ring (bicyclic) bond motifs is 1. The Hall–Kier alpha value is -2.36. The SMILES string of the molecule is CCC(=O)C(=O)CC(=O)c1ccc2ccccc2n1. The Balaban J connectivity index is 2.22. The van der Waals surface area contributed by atoms with Crippen LogP contribution >= 0.6 is 0 Å². The van der Waals surface area contributed by atoms with Gasteiger partial charge in [0.15, 0.2) is 11.6 Å². The van der Waals surface area contributed by atoms with Gasteiger partial charge in [-0.2, -0.15) is 0 Å². The monoisotopic (exact) mass is 255 g/mol. The molecule has 0 aliphatic rings. The first-order valence-corrected chi connectivity index (χ1v) is 6.07. The summed E-state index contributed by atoms with van der Waals surface area (Å²) in [7, 11) is 0. The first-order chi connectivity index (χ1) is 9.11. The van der Waals surface area contributed by atoms with Crippen LogP contribution in [0, 0.1) is 0 Å². The molecular formula is C15H13NO3. The second-order valence-corrected chi connectivity index (χ2v) is 4.19. The van der Waals surface area contributed by atoms with Gasteiger partial charge in [-0.15, -0.1) is 0 Å². The summed E-state index contributed by atoms with van der Waals surface area (Å²) >= 11 is 0. The van der Waals surface area contributed by atoms with Crippen LogP contribution in [0.1, 0.15) is 30.3 Å². The van der Waals surface area contributed by atoms with Gasteiger partial charge in [0.05, 0.1) is 11.9 Å². The molecule has 4 heteroatoms. The van der Waals surface area contributed by atoms with Crippen LogP contribution in [0.2, 0.25) is 0 Å². The lowest BCUT2D eigenvalue weighted by atomic mass is 10.1. The molecule has 1 heterocycles. The maximum absolute atomic E-state index is 11.9. The van der Waals surface area contributed by atoms with Crippen molar-refractivity contribution in [1.82, 2.24) is 4.98 Å². The van der Waals surface area contributed by atoms with Crippen LogP contribution in [-0.4, -0.2) is 22.3 Å². The van der Waals surface area contributed by atoms with E-state index in [1.54, 1.807) is 25.1 Å². The zero-order chi connectivity index (χ0) is 13.8. The number of para-hydroxylation sites is 1. The number of rotatable bonds is 5. The molecule has 0 radical (unpaired) electrons. The van der Waals surface area contributed by atoms with Crippen LogP contribution < -0.4 is 0 Å². The fourth-order valence-electron chi connectivity index (χ4n) is 1.75. The number of hydrogen-bond acceptors (Lipinski definition) is 4. The van der Waals surface area contributed by atoms with E-state index < -0.39 is 23.8 Å². The highest BCUT2D eigenvalue weighted by atomic mass is 16.2. The summed E-state index contributed by atoms with van der Waals surface area (Å²) < 4.78 is 0.